The molecule has 0 aliphatic heterocycles. The maximum atomic E-state index is 12.7. The molecule has 0 aliphatic rings. The summed E-state index contributed by atoms with van der Waals surface area (Å²) in [5.41, 5.74) is 2.65. The van der Waals surface area contributed by atoms with Gasteiger partial charge in [-0.2, -0.15) is 0 Å². The zero-order valence-electron chi connectivity index (χ0n) is 16.5. The molecule has 5 heteroatoms. The summed E-state index contributed by atoms with van der Waals surface area (Å²) in [4.78, 5) is 14.8. The molecule has 1 N–H and O–H groups in total. The molecule has 0 aliphatic carbocycles. The molecule has 0 atom stereocenters. The van der Waals surface area contributed by atoms with E-state index in [4.69, 9.17) is 16.3 Å². The molecule has 3 aromatic rings. The molecule has 1 amide bonds. The second-order valence-corrected chi connectivity index (χ2v) is 7.22. The van der Waals surface area contributed by atoms with Gasteiger partial charge in [0.05, 0.1) is 5.56 Å². The summed E-state index contributed by atoms with van der Waals surface area (Å²) in [6.45, 7) is 1.81. The van der Waals surface area contributed by atoms with Crippen LogP contribution in [0.5, 0.6) is 5.75 Å². The Hall–Kier alpha value is -2.98. The van der Waals surface area contributed by atoms with Crippen LogP contribution in [0.4, 0.5) is 5.69 Å². The van der Waals surface area contributed by atoms with E-state index in [0.29, 0.717) is 29.5 Å². The number of nitrogens with zero attached hydrogens (tertiary/aromatic N) is 1. The predicted molar refractivity (Wildman–Crippen MR) is 119 cm³/mol. The van der Waals surface area contributed by atoms with E-state index in [1.807, 2.05) is 55.6 Å². The topological polar surface area (TPSA) is 41.6 Å². The number of para-hydroxylation sites is 1. The van der Waals surface area contributed by atoms with Crippen LogP contribution >= 0.6 is 11.6 Å². The lowest BCUT2D eigenvalue weighted by Crippen LogP contribution is -2.28. The van der Waals surface area contributed by atoms with Crippen LogP contribution in [0, 0.1) is 0 Å². The largest absolute Gasteiger partial charge is 0.488 e. The molecule has 150 valence electrons. The zero-order chi connectivity index (χ0) is 20.5. The highest BCUT2D eigenvalue weighted by molar-refractivity contribution is 6.31. The van der Waals surface area contributed by atoms with Crippen molar-refractivity contribution in [2.45, 2.75) is 13.0 Å². The quantitative estimate of drug-likeness (QED) is 0.496. The molecule has 29 heavy (non-hydrogen) atoms. The Balaban J connectivity index is 1.53. The average molecular weight is 409 g/mol. The van der Waals surface area contributed by atoms with E-state index < -0.39 is 0 Å². The van der Waals surface area contributed by atoms with Gasteiger partial charge in [0.25, 0.3) is 5.91 Å². The van der Waals surface area contributed by atoms with E-state index in [2.05, 4.69) is 22.3 Å². The van der Waals surface area contributed by atoms with E-state index in [1.165, 1.54) is 0 Å². The first-order chi connectivity index (χ1) is 14.1. The standard InChI is InChI=1S/C24H25ClN2O2/c1-27(21-11-6-3-7-12-21)16-8-15-26-24(28)22-17-20(25)13-14-23(22)29-18-19-9-4-2-5-10-19/h2-7,9-14,17H,8,15-16,18H2,1H3,(H,26,28). The van der Waals surface area contributed by atoms with Crippen LogP contribution < -0.4 is 15.0 Å². The molecule has 4 nitrogen and oxygen atoms in total. The maximum absolute atomic E-state index is 12.7. The number of rotatable bonds is 9. The van der Waals surface area contributed by atoms with E-state index >= 15 is 0 Å². The first kappa shape index (κ1) is 20.7. The van der Waals surface area contributed by atoms with Crippen LogP contribution in [0.1, 0.15) is 22.3 Å². The van der Waals surface area contributed by atoms with Gasteiger partial charge in [0.2, 0.25) is 0 Å². The minimum absolute atomic E-state index is 0.182. The summed E-state index contributed by atoms with van der Waals surface area (Å²) in [6, 6.07) is 25.1. The number of benzene rings is 3. The lowest BCUT2D eigenvalue weighted by molar-refractivity contribution is 0.0949. The summed E-state index contributed by atoms with van der Waals surface area (Å²) in [6.07, 6.45) is 0.831. The number of hydrogen-bond donors (Lipinski definition) is 1. The molecule has 0 radical (unpaired) electrons. The second kappa shape index (κ2) is 10.5. The van der Waals surface area contributed by atoms with Crippen molar-refractivity contribution >= 4 is 23.2 Å². The number of nitrogens with one attached hydrogen (secondary N) is 1. The summed E-state index contributed by atoms with van der Waals surface area (Å²) >= 11 is 6.11. The lowest BCUT2D eigenvalue weighted by atomic mass is 10.1. The van der Waals surface area contributed by atoms with Gasteiger partial charge in [0.1, 0.15) is 12.4 Å². The smallest absolute Gasteiger partial charge is 0.255 e. The molecule has 0 saturated carbocycles. The molecule has 0 spiro atoms. The third kappa shape index (κ3) is 6.26. The summed E-state index contributed by atoms with van der Waals surface area (Å²) in [7, 11) is 2.05. The fourth-order valence-electron chi connectivity index (χ4n) is 2.97. The first-order valence-electron chi connectivity index (χ1n) is 9.64. The highest BCUT2D eigenvalue weighted by Crippen LogP contribution is 2.24. The third-order valence-corrected chi connectivity index (χ3v) is 4.81. The normalized spacial score (nSPS) is 10.4. The Morgan fingerprint density at radius 2 is 1.69 bits per heavy atom. The van der Waals surface area contributed by atoms with E-state index in [0.717, 1.165) is 24.2 Å². The Bertz CT molecular complexity index is 917. The van der Waals surface area contributed by atoms with Crippen LogP contribution in [-0.2, 0) is 6.61 Å². The van der Waals surface area contributed by atoms with Crippen LogP contribution in [0.25, 0.3) is 0 Å². The van der Waals surface area contributed by atoms with Crippen LogP contribution in [0.3, 0.4) is 0 Å². The minimum atomic E-state index is -0.182. The maximum Gasteiger partial charge on any atom is 0.255 e. The minimum Gasteiger partial charge on any atom is -0.488 e. The second-order valence-electron chi connectivity index (χ2n) is 6.78. The number of carbonyl (C=O) groups is 1. The summed E-state index contributed by atoms with van der Waals surface area (Å²) in [5.74, 6) is 0.343. The number of hydrogen-bond acceptors (Lipinski definition) is 3. The van der Waals surface area contributed by atoms with Gasteiger partial charge in [0, 0.05) is 30.8 Å². The molecule has 0 fully saturated rings. The van der Waals surface area contributed by atoms with Gasteiger partial charge >= 0.3 is 0 Å². The highest BCUT2D eigenvalue weighted by atomic mass is 35.5. The Morgan fingerprint density at radius 3 is 2.41 bits per heavy atom. The van der Waals surface area contributed by atoms with Crippen molar-refractivity contribution in [3.63, 3.8) is 0 Å². The number of carbonyl (C=O) groups excluding carboxylic acids is 1. The molecule has 3 aromatic carbocycles. The predicted octanol–water partition coefficient (Wildman–Crippen LogP) is 5.18. The Labute approximate surface area is 177 Å². The number of anilines is 1. The monoisotopic (exact) mass is 408 g/mol. The fourth-order valence-corrected chi connectivity index (χ4v) is 3.14. The van der Waals surface area contributed by atoms with Gasteiger partial charge in [-0.3, -0.25) is 4.79 Å². The van der Waals surface area contributed by atoms with Crippen LogP contribution in [0.2, 0.25) is 5.02 Å². The van der Waals surface area contributed by atoms with Gasteiger partial charge in [0.15, 0.2) is 0 Å². The van der Waals surface area contributed by atoms with Crippen molar-refractivity contribution in [1.82, 2.24) is 5.32 Å². The van der Waals surface area contributed by atoms with Gasteiger partial charge in [-0.25, -0.2) is 0 Å². The lowest BCUT2D eigenvalue weighted by Gasteiger charge is -2.19. The molecule has 0 bridgehead atoms. The zero-order valence-corrected chi connectivity index (χ0v) is 17.2. The van der Waals surface area contributed by atoms with E-state index in [1.54, 1.807) is 18.2 Å². The molecular formula is C24H25ClN2O2. The van der Waals surface area contributed by atoms with Crippen molar-refractivity contribution in [3.05, 3.63) is 95.0 Å². The first-order valence-corrected chi connectivity index (χ1v) is 10.0. The molecule has 0 heterocycles. The third-order valence-electron chi connectivity index (χ3n) is 4.58. The Kier molecular flexibility index (Phi) is 7.54. The van der Waals surface area contributed by atoms with Gasteiger partial charge in [-0.1, -0.05) is 60.1 Å². The number of amides is 1. The van der Waals surface area contributed by atoms with Gasteiger partial charge in [-0.15, -0.1) is 0 Å². The molecule has 0 unspecified atom stereocenters. The SMILES string of the molecule is CN(CCCNC(=O)c1cc(Cl)ccc1OCc1ccccc1)c1ccccc1. The van der Waals surface area contributed by atoms with Crippen molar-refractivity contribution in [2.75, 3.05) is 25.0 Å². The van der Waals surface area contributed by atoms with Crippen molar-refractivity contribution in [3.8, 4) is 5.75 Å². The average Bonchev–Trinajstić information content (AvgIpc) is 2.76. The van der Waals surface area contributed by atoms with Crippen molar-refractivity contribution < 1.29 is 9.53 Å². The number of ether oxygens (including phenoxy) is 1. The van der Waals surface area contributed by atoms with Crippen molar-refractivity contribution in [2.24, 2.45) is 0 Å². The summed E-state index contributed by atoms with van der Waals surface area (Å²) < 4.78 is 5.87. The molecule has 0 saturated heterocycles. The van der Waals surface area contributed by atoms with E-state index in [9.17, 15) is 4.79 Å². The van der Waals surface area contributed by atoms with Crippen LogP contribution in [-0.4, -0.2) is 26.0 Å². The van der Waals surface area contributed by atoms with E-state index in [-0.39, 0.29) is 5.91 Å². The summed E-state index contributed by atoms with van der Waals surface area (Å²) in [5, 5.41) is 3.47. The molecule has 3 rings (SSSR count). The van der Waals surface area contributed by atoms with Crippen molar-refractivity contribution in [1.29, 1.82) is 0 Å². The molecular weight excluding hydrogens is 384 g/mol. The Morgan fingerprint density at radius 1 is 1.00 bits per heavy atom. The molecule has 0 aromatic heterocycles. The van der Waals surface area contributed by atoms with Gasteiger partial charge in [-0.05, 0) is 42.3 Å². The number of halogens is 1. The highest BCUT2D eigenvalue weighted by Gasteiger charge is 2.13. The van der Waals surface area contributed by atoms with Gasteiger partial charge < -0.3 is 15.0 Å². The van der Waals surface area contributed by atoms with Crippen LogP contribution in [0.15, 0.2) is 78.9 Å². The fraction of sp³-hybridized carbons (Fsp3) is 0.208.